The molecule has 0 aromatic carbocycles. The molecule has 2 atom stereocenters. The van der Waals surface area contributed by atoms with Gasteiger partial charge in [-0.2, -0.15) is 0 Å². The van der Waals surface area contributed by atoms with Crippen molar-refractivity contribution in [2.75, 3.05) is 32.7 Å². The molecule has 2 aromatic heterocycles. The maximum Gasteiger partial charge on any atom is 0.332 e. The number of morpholine rings is 1. The smallest absolute Gasteiger partial charge is 0.332 e. The Hall–Kier alpha value is -2.46. The van der Waals surface area contributed by atoms with E-state index in [4.69, 9.17) is 4.74 Å². The summed E-state index contributed by atoms with van der Waals surface area (Å²) in [6.45, 7) is 9.48. The van der Waals surface area contributed by atoms with E-state index in [2.05, 4.69) is 23.7 Å². The van der Waals surface area contributed by atoms with Crippen molar-refractivity contribution in [3.8, 4) is 0 Å². The zero-order chi connectivity index (χ0) is 23.7. The van der Waals surface area contributed by atoms with E-state index in [1.54, 1.807) is 17.9 Å². The van der Waals surface area contributed by atoms with Crippen LogP contribution in [0.2, 0.25) is 0 Å². The van der Waals surface area contributed by atoms with Crippen molar-refractivity contribution in [2.24, 2.45) is 20.0 Å². The first-order valence-electron chi connectivity index (χ1n) is 12.0. The molecule has 0 saturated carbocycles. The number of aromatic nitrogens is 4. The summed E-state index contributed by atoms with van der Waals surface area (Å²) in [4.78, 5) is 46.1. The molecular weight excluding hydrogens is 424 g/mol. The number of imidazole rings is 1. The van der Waals surface area contributed by atoms with E-state index in [9.17, 15) is 14.4 Å². The minimum absolute atomic E-state index is 0.173. The lowest BCUT2D eigenvalue weighted by Crippen LogP contribution is -2.48. The summed E-state index contributed by atoms with van der Waals surface area (Å²) in [6.07, 6.45) is 5.30. The number of rotatable bonds is 6. The van der Waals surface area contributed by atoms with Crippen LogP contribution in [0.1, 0.15) is 39.5 Å². The second-order valence-corrected chi connectivity index (χ2v) is 9.72. The number of fused-ring (bicyclic) bond motifs is 1. The van der Waals surface area contributed by atoms with Gasteiger partial charge in [0.1, 0.15) is 0 Å². The van der Waals surface area contributed by atoms with E-state index >= 15 is 0 Å². The Labute approximate surface area is 193 Å². The minimum Gasteiger partial charge on any atom is -0.373 e. The lowest BCUT2D eigenvalue weighted by molar-refractivity contribution is -0.133. The van der Waals surface area contributed by atoms with E-state index in [-0.39, 0.29) is 23.7 Å². The number of ether oxygens (including phenoxy) is 1. The molecule has 4 rings (SSSR count). The highest BCUT2D eigenvalue weighted by Gasteiger charge is 2.27. The first-order chi connectivity index (χ1) is 15.7. The van der Waals surface area contributed by atoms with Crippen molar-refractivity contribution in [2.45, 2.75) is 58.3 Å². The third-order valence-corrected chi connectivity index (χ3v) is 6.99. The van der Waals surface area contributed by atoms with Crippen molar-refractivity contribution >= 4 is 17.1 Å². The van der Waals surface area contributed by atoms with Gasteiger partial charge in [-0.25, -0.2) is 9.78 Å². The molecule has 10 heteroatoms. The topological polar surface area (TPSA) is 94.6 Å². The number of aryl methyl sites for hydroxylation is 2. The van der Waals surface area contributed by atoms with Crippen LogP contribution in [0.4, 0.5) is 0 Å². The van der Waals surface area contributed by atoms with Gasteiger partial charge in [-0.05, 0) is 39.0 Å². The highest BCUT2D eigenvalue weighted by Crippen LogP contribution is 2.21. The lowest BCUT2D eigenvalue weighted by atomic mass is 9.95. The number of piperidine rings is 1. The molecule has 0 aliphatic carbocycles. The van der Waals surface area contributed by atoms with E-state index < -0.39 is 5.69 Å². The second kappa shape index (κ2) is 9.80. The molecule has 2 aliphatic heterocycles. The van der Waals surface area contributed by atoms with Crippen molar-refractivity contribution < 1.29 is 9.53 Å². The third kappa shape index (κ3) is 5.06. The average Bonchev–Trinajstić information content (AvgIpc) is 3.20. The Morgan fingerprint density at radius 1 is 1.09 bits per heavy atom. The van der Waals surface area contributed by atoms with E-state index in [0.29, 0.717) is 36.5 Å². The Balaban J connectivity index is 1.26. The normalized spacial score (nSPS) is 22.8. The van der Waals surface area contributed by atoms with Crippen molar-refractivity contribution in [1.29, 1.82) is 0 Å². The molecule has 0 N–H and O–H groups in total. The number of hydrogen-bond donors (Lipinski definition) is 0. The van der Waals surface area contributed by atoms with E-state index in [0.717, 1.165) is 50.1 Å². The van der Waals surface area contributed by atoms with Crippen molar-refractivity contribution in [3.05, 3.63) is 27.2 Å². The zero-order valence-electron chi connectivity index (χ0n) is 20.2. The van der Waals surface area contributed by atoms with Gasteiger partial charge in [0.15, 0.2) is 11.2 Å². The molecule has 182 valence electrons. The second-order valence-electron chi connectivity index (χ2n) is 9.72. The molecule has 2 aliphatic rings. The summed E-state index contributed by atoms with van der Waals surface area (Å²) >= 11 is 0. The minimum atomic E-state index is -0.394. The van der Waals surface area contributed by atoms with Gasteiger partial charge in [0.2, 0.25) is 5.91 Å². The summed E-state index contributed by atoms with van der Waals surface area (Å²) in [6, 6.07) is 0. The van der Waals surface area contributed by atoms with Crippen LogP contribution in [-0.4, -0.2) is 79.3 Å². The predicted octanol–water partition coefficient (Wildman–Crippen LogP) is 0.562. The maximum absolute atomic E-state index is 12.8. The Morgan fingerprint density at radius 2 is 1.76 bits per heavy atom. The predicted molar refractivity (Wildman–Crippen MR) is 125 cm³/mol. The number of nitrogens with zero attached hydrogens (tertiary/aromatic N) is 6. The molecule has 0 radical (unpaired) electrons. The SMILES string of the molecule is CC1CN(CC2CCN(C(=O)CCCn3cnc4c3c(=O)n(C)c(=O)n4C)CC2)CC(C)O1. The standard InChI is InChI=1S/C23H36N6O4/c1-16-12-27(13-17(2)33-16)14-18-7-10-28(11-8-18)19(30)6-5-9-29-15-24-21-20(29)22(31)26(4)23(32)25(21)3/h15-18H,5-14H2,1-4H3. The fourth-order valence-electron chi connectivity index (χ4n) is 5.29. The molecule has 0 bridgehead atoms. The van der Waals surface area contributed by atoms with Gasteiger partial charge in [0, 0.05) is 59.8 Å². The zero-order valence-corrected chi connectivity index (χ0v) is 20.2. The highest BCUT2D eigenvalue weighted by atomic mass is 16.5. The first-order valence-corrected chi connectivity index (χ1v) is 12.0. The van der Waals surface area contributed by atoms with Crippen LogP contribution in [0.15, 0.2) is 15.9 Å². The number of carbonyl (C=O) groups is 1. The van der Waals surface area contributed by atoms with Gasteiger partial charge in [-0.1, -0.05) is 0 Å². The molecule has 0 spiro atoms. The number of amides is 1. The van der Waals surface area contributed by atoms with E-state index in [1.807, 2.05) is 4.90 Å². The van der Waals surface area contributed by atoms with Gasteiger partial charge in [-0.3, -0.25) is 23.6 Å². The molecule has 2 aromatic rings. The molecular formula is C23H36N6O4. The molecule has 2 fully saturated rings. The van der Waals surface area contributed by atoms with Crippen molar-refractivity contribution in [1.82, 2.24) is 28.5 Å². The van der Waals surface area contributed by atoms with Gasteiger partial charge in [-0.15, -0.1) is 0 Å². The summed E-state index contributed by atoms with van der Waals surface area (Å²) < 4.78 is 10.0. The summed E-state index contributed by atoms with van der Waals surface area (Å²) in [7, 11) is 3.07. The number of likely N-dealkylation sites (tertiary alicyclic amines) is 1. The van der Waals surface area contributed by atoms with Crippen LogP contribution in [0.25, 0.3) is 11.2 Å². The molecule has 4 heterocycles. The summed E-state index contributed by atoms with van der Waals surface area (Å²) in [5.41, 5.74) is 0.0252. The fraction of sp³-hybridized carbons (Fsp3) is 0.739. The van der Waals surface area contributed by atoms with Crippen LogP contribution in [0, 0.1) is 5.92 Å². The molecule has 2 saturated heterocycles. The first kappa shape index (κ1) is 23.7. The van der Waals surface area contributed by atoms with Gasteiger partial charge in [0.25, 0.3) is 5.56 Å². The fourth-order valence-corrected chi connectivity index (χ4v) is 5.29. The van der Waals surface area contributed by atoms with Gasteiger partial charge >= 0.3 is 5.69 Å². The lowest BCUT2D eigenvalue weighted by Gasteiger charge is -2.39. The Bertz CT molecular complexity index is 1100. The van der Waals surface area contributed by atoms with Gasteiger partial charge in [0.05, 0.1) is 18.5 Å². The van der Waals surface area contributed by atoms with Crippen LogP contribution in [-0.2, 0) is 30.2 Å². The molecule has 1 amide bonds. The maximum atomic E-state index is 12.8. The number of hydrogen-bond acceptors (Lipinski definition) is 6. The van der Waals surface area contributed by atoms with Crippen LogP contribution in [0.5, 0.6) is 0 Å². The van der Waals surface area contributed by atoms with Crippen molar-refractivity contribution in [3.63, 3.8) is 0 Å². The molecule has 2 unspecified atom stereocenters. The largest absolute Gasteiger partial charge is 0.373 e. The monoisotopic (exact) mass is 460 g/mol. The Kier molecular flexibility index (Phi) is 7.04. The quantitative estimate of drug-likeness (QED) is 0.625. The highest BCUT2D eigenvalue weighted by molar-refractivity contribution is 5.76. The van der Waals surface area contributed by atoms with Crippen LogP contribution < -0.4 is 11.2 Å². The van der Waals surface area contributed by atoms with E-state index in [1.165, 1.54) is 11.6 Å². The average molecular weight is 461 g/mol. The third-order valence-electron chi connectivity index (χ3n) is 6.99. The molecule has 10 nitrogen and oxygen atoms in total. The summed E-state index contributed by atoms with van der Waals surface area (Å²) in [5, 5.41) is 0. The van der Waals surface area contributed by atoms with Crippen LogP contribution >= 0.6 is 0 Å². The number of carbonyl (C=O) groups excluding carboxylic acids is 1. The Morgan fingerprint density at radius 3 is 2.42 bits per heavy atom. The van der Waals surface area contributed by atoms with Gasteiger partial charge < -0.3 is 14.2 Å². The van der Waals surface area contributed by atoms with Crippen LogP contribution in [0.3, 0.4) is 0 Å². The summed E-state index contributed by atoms with van der Waals surface area (Å²) in [5.74, 6) is 0.804. The molecule has 33 heavy (non-hydrogen) atoms.